The van der Waals surface area contributed by atoms with Gasteiger partial charge in [-0.15, -0.1) is 0 Å². The van der Waals surface area contributed by atoms with Crippen LogP contribution in [-0.4, -0.2) is 24.6 Å². The van der Waals surface area contributed by atoms with Gasteiger partial charge in [0.25, 0.3) is 5.91 Å². The minimum atomic E-state index is -0.437. The lowest BCUT2D eigenvalue weighted by atomic mass is 10.1. The lowest BCUT2D eigenvalue weighted by molar-refractivity contribution is -0.690. The predicted molar refractivity (Wildman–Crippen MR) is 95.3 cm³/mol. The lowest BCUT2D eigenvalue weighted by Gasteiger charge is -2.15. The Labute approximate surface area is 155 Å². The van der Waals surface area contributed by atoms with Gasteiger partial charge in [0, 0.05) is 10.6 Å². The third-order valence-corrected chi connectivity index (χ3v) is 5.08. The topological polar surface area (TPSA) is 72.5 Å². The summed E-state index contributed by atoms with van der Waals surface area (Å²) >= 11 is 6.13. The minimum absolute atomic E-state index is 0.175. The molecule has 2 aromatic carbocycles. The predicted octanol–water partition coefficient (Wildman–Crippen LogP) is 1.77. The van der Waals surface area contributed by atoms with Gasteiger partial charge in [0.1, 0.15) is 6.54 Å². The third-order valence-electron chi connectivity index (χ3n) is 4.67. The summed E-state index contributed by atoms with van der Waals surface area (Å²) in [6, 6.07) is 10.5. The van der Waals surface area contributed by atoms with Gasteiger partial charge in [-0.05, 0) is 42.8 Å². The summed E-state index contributed by atoms with van der Waals surface area (Å²) in [4.78, 5) is 26.3. The Kier molecular flexibility index (Phi) is 4.30. The molecular weight excluding hydrogens is 356 g/mol. The van der Waals surface area contributed by atoms with Crippen LogP contribution in [0.25, 0.3) is 0 Å². The highest BCUT2D eigenvalue weighted by molar-refractivity contribution is 6.32. The van der Waals surface area contributed by atoms with Crippen LogP contribution in [0.5, 0.6) is 11.5 Å². The molecule has 0 spiro atoms. The van der Waals surface area contributed by atoms with Crippen LogP contribution in [0.2, 0.25) is 5.02 Å². The quantitative estimate of drug-likeness (QED) is 0.829. The molecule has 0 saturated carbocycles. The monoisotopic (exact) mass is 373 g/mol. The number of nitrogens with zero attached hydrogens (tertiary/aromatic N) is 1. The third kappa shape index (κ3) is 3.02. The van der Waals surface area contributed by atoms with E-state index in [2.05, 4.69) is 0 Å². The molecule has 0 aliphatic carbocycles. The van der Waals surface area contributed by atoms with E-state index in [-0.39, 0.29) is 25.0 Å². The van der Waals surface area contributed by atoms with Crippen molar-refractivity contribution in [3.63, 3.8) is 0 Å². The van der Waals surface area contributed by atoms with Crippen molar-refractivity contribution in [3.05, 3.63) is 52.5 Å². The van der Waals surface area contributed by atoms with Crippen LogP contribution in [0.3, 0.4) is 0 Å². The molecule has 2 amide bonds. The van der Waals surface area contributed by atoms with Crippen molar-refractivity contribution in [2.75, 3.05) is 11.7 Å². The maximum atomic E-state index is 12.7. The van der Waals surface area contributed by atoms with Gasteiger partial charge in [-0.1, -0.05) is 17.7 Å². The molecule has 4 rings (SSSR count). The van der Waals surface area contributed by atoms with E-state index >= 15 is 0 Å². The number of hydrogen-bond acceptors (Lipinski definition) is 4. The molecule has 1 saturated heterocycles. The molecule has 2 aliphatic heterocycles. The molecule has 0 bridgehead atoms. The van der Waals surface area contributed by atoms with E-state index in [1.54, 1.807) is 12.1 Å². The Bertz CT molecular complexity index is 899. The molecular formula is C19H18ClN2O4+. The Morgan fingerprint density at radius 2 is 1.96 bits per heavy atom. The number of imide groups is 1. The van der Waals surface area contributed by atoms with E-state index in [9.17, 15) is 9.59 Å². The second kappa shape index (κ2) is 6.63. The number of anilines is 1. The van der Waals surface area contributed by atoms with Gasteiger partial charge in [0.2, 0.25) is 12.7 Å². The highest BCUT2D eigenvalue weighted by Crippen LogP contribution is 2.32. The molecule has 1 fully saturated rings. The van der Waals surface area contributed by atoms with Crippen LogP contribution in [0.1, 0.15) is 17.5 Å². The van der Waals surface area contributed by atoms with Gasteiger partial charge in [-0.2, -0.15) is 0 Å². The zero-order valence-electron chi connectivity index (χ0n) is 14.2. The van der Waals surface area contributed by atoms with Crippen molar-refractivity contribution in [1.29, 1.82) is 0 Å². The molecule has 134 valence electrons. The zero-order chi connectivity index (χ0) is 18.3. The summed E-state index contributed by atoms with van der Waals surface area (Å²) in [5, 5.41) is 2.42. The molecule has 2 heterocycles. The molecule has 0 aromatic heterocycles. The number of carbonyl (C=O) groups excluding carboxylic acids is 2. The van der Waals surface area contributed by atoms with E-state index in [4.69, 9.17) is 21.1 Å². The first-order valence-electron chi connectivity index (χ1n) is 8.38. The van der Waals surface area contributed by atoms with Crippen molar-refractivity contribution in [2.24, 2.45) is 0 Å². The number of fused-ring (bicyclic) bond motifs is 1. The van der Waals surface area contributed by atoms with Gasteiger partial charge in [-0.3, -0.25) is 9.59 Å². The first-order valence-corrected chi connectivity index (χ1v) is 8.75. The fraction of sp³-hybridized carbons (Fsp3) is 0.263. The molecule has 1 atom stereocenters. The number of aryl methyl sites for hydroxylation is 1. The Hall–Kier alpha value is -2.57. The summed E-state index contributed by atoms with van der Waals surface area (Å²) in [7, 11) is 0. The Morgan fingerprint density at radius 1 is 1.15 bits per heavy atom. The van der Waals surface area contributed by atoms with Crippen molar-refractivity contribution >= 4 is 29.1 Å². The highest BCUT2D eigenvalue weighted by Gasteiger charge is 2.42. The fourth-order valence-electron chi connectivity index (χ4n) is 3.18. The molecule has 0 radical (unpaired) electrons. The molecule has 26 heavy (non-hydrogen) atoms. The van der Waals surface area contributed by atoms with Crippen LogP contribution >= 0.6 is 11.6 Å². The van der Waals surface area contributed by atoms with Crippen LogP contribution in [0.4, 0.5) is 5.69 Å². The number of carbonyl (C=O) groups is 2. The number of rotatable bonds is 4. The second-order valence-electron chi connectivity index (χ2n) is 6.44. The van der Waals surface area contributed by atoms with Gasteiger partial charge in [0.05, 0.1) is 12.1 Å². The largest absolute Gasteiger partial charge is 0.454 e. The average molecular weight is 374 g/mol. The SMILES string of the molecule is Cc1ccc(N2C(=O)C[C@H]([NH2+]Cc3ccc4c(c3)OCO4)C2=O)cc1Cl. The second-order valence-corrected chi connectivity index (χ2v) is 6.85. The average Bonchev–Trinajstić information content (AvgIpc) is 3.19. The van der Waals surface area contributed by atoms with Crippen LogP contribution < -0.4 is 19.7 Å². The molecule has 2 aromatic rings. The molecule has 2 aliphatic rings. The molecule has 0 unspecified atom stereocenters. The summed E-state index contributed by atoms with van der Waals surface area (Å²) in [6.45, 7) is 2.68. The maximum Gasteiger partial charge on any atom is 0.292 e. The number of amides is 2. The maximum absolute atomic E-state index is 12.7. The molecule has 7 heteroatoms. The van der Waals surface area contributed by atoms with Crippen molar-refractivity contribution in [3.8, 4) is 11.5 Å². The van der Waals surface area contributed by atoms with E-state index in [1.807, 2.05) is 36.5 Å². The summed E-state index contributed by atoms with van der Waals surface area (Å²) in [5.74, 6) is 1.02. The Morgan fingerprint density at radius 3 is 2.77 bits per heavy atom. The van der Waals surface area contributed by atoms with Crippen molar-refractivity contribution < 1.29 is 24.4 Å². The fourth-order valence-corrected chi connectivity index (χ4v) is 3.35. The highest BCUT2D eigenvalue weighted by atomic mass is 35.5. The number of hydrogen-bond donors (Lipinski definition) is 1. The van der Waals surface area contributed by atoms with Crippen molar-refractivity contribution in [1.82, 2.24) is 0 Å². The van der Waals surface area contributed by atoms with Crippen molar-refractivity contribution in [2.45, 2.75) is 25.9 Å². The summed E-state index contributed by atoms with van der Waals surface area (Å²) < 4.78 is 10.7. The summed E-state index contributed by atoms with van der Waals surface area (Å²) in [6.07, 6.45) is 0.175. The van der Waals surface area contributed by atoms with Crippen LogP contribution in [0.15, 0.2) is 36.4 Å². The first kappa shape index (κ1) is 16.9. The number of benzene rings is 2. The number of halogens is 1. The van der Waals surface area contributed by atoms with E-state index in [0.717, 1.165) is 16.9 Å². The number of ether oxygens (including phenoxy) is 2. The standard InChI is InChI=1S/C19H17ClN2O4/c1-11-2-4-13(7-14(11)20)22-18(23)8-15(19(22)24)21-9-12-3-5-16-17(6-12)26-10-25-16/h2-7,15,21H,8-10H2,1H3/p+1/t15-/m0/s1. The van der Waals surface area contributed by atoms with Gasteiger partial charge in [-0.25, -0.2) is 4.90 Å². The normalized spacial score (nSPS) is 18.7. The number of quaternary nitrogens is 1. The van der Waals surface area contributed by atoms with E-state index < -0.39 is 6.04 Å². The van der Waals surface area contributed by atoms with Crippen LogP contribution in [0, 0.1) is 6.92 Å². The molecule has 2 N–H and O–H groups in total. The van der Waals surface area contributed by atoms with Gasteiger partial charge < -0.3 is 14.8 Å². The molecule has 6 nitrogen and oxygen atoms in total. The van der Waals surface area contributed by atoms with Crippen LogP contribution in [-0.2, 0) is 16.1 Å². The zero-order valence-corrected chi connectivity index (χ0v) is 15.0. The first-order chi connectivity index (χ1) is 12.5. The van der Waals surface area contributed by atoms with E-state index in [1.165, 1.54) is 4.90 Å². The lowest BCUT2D eigenvalue weighted by Crippen LogP contribution is -2.90. The van der Waals surface area contributed by atoms with Gasteiger partial charge in [0.15, 0.2) is 17.5 Å². The van der Waals surface area contributed by atoms with E-state index in [0.29, 0.717) is 23.0 Å². The number of nitrogens with two attached hydrogens (primary N) is 1. The van der Waals surface area contributed by atoms with Gasteiger partial charge >= 0.3 is 0 Å². The minimum Gasteiger partial charge on any atom is -0.454 e. The summed E-state index contributed by atoms with van der Waals surface area (Å²) in [5.41, 5.74) is 2.43. The Balaban J connectivity index is 1.46. The smallest absolute Gasteiger partial charge is 0.292 e.